The van der Waals surface area contributed by atoms with Gasteiger partial charge in [-0.05, 0) is 43.4 Å². The number of sulfonamides is 1. The van der Waals surface area contributed by atoms with E-state index in [1.54, 1.807) is 27.7 Å². The van der Waals surface area contributed by atoms with Gasteiger partial charge in [-0.1, -0.05) is 51.2 Å². The smallest absolute Gasteiger partial charge is 0.270 e. The molecule has 0 spiro atoms. The summed E-state index contributed by atoms with van der Waals surface area (Å²) >= 11 is 0.832. The Hall–Kier alpha value is -2.04. The highest BCUT2D eigenvalue weighted by Gasteiger charge is 2.26. The standard InChI is InChI=1S/C21H31N5O3S2/c1-14-10-12-26(13-11-14)17-8-6-16(7-9-17)15(2)25-31(28,29)20-24-23-19(30-20)22-18(27)21(3,4)5/h6-9,14-15,25H,10-13H2,1-5H3,(H,22,23,27). The van der Waals surface area contributed by atoms with Crippen molar-refractivity contribution in [1.29, 1.82) is 0 Å². The molecule has 2 aromatic rings. The Morgan fingerprint density at radius 2 is 1.77 bits per heavy atom. The van der Waals surface area contributed by atoms with Gasteiger partial charge in [-0.3, -0.25) is 4.79 Å². The first-order valence-corrected chi connectivity index (χ1v) is 12.8. The quantitative estimate of drug-likeness (QED) is 0.629. The highest BCUT2D eigenvalue weighted by Crippen LogP contribution is 2.27. The van der Waals surface area contributed by atoms with Gasteiger partial charge in [-0.2, -0.15) is 0 Å². The average Bonchev–Trinajstić information content (AvgIpc) is 3.17. The van der Waals surface area contributed by atoms with E-state index < -0.39 is 21.5 Å². The van der Waals surface area contributed by atoms with Crippen LogP contribution in [0.5, 0.6) is 0 Å². The molecule has 0 bridgehead atoms. The summed E-state index contributed by atoms with van der Waals surface area (Å²) < 4.78 is 27.9. The van der Waals surface area contributed by atoms with Crippen molar-refractivity contribution < 1.29 is 13.2 Å². The van der Waals surface area contributed by atoms with Crippen LogP contribution in [-0.2, 0) is 14.8 Å². The molecule has 1 aromatic heterocycles. The summed E-state index contributed by atoms with van der Waals surface area (Å²) in [5.74, 6) is 0.518. The zero-order valence-corrected chi connectivity index (χ0v) is 20.3. The van der Waals surface area contributed by atoms with Gasteiger partial charge in [0.05, 0.1) is 0 Å². The Kier molecular flexibility index (Phi) is 7.02. The second-order valence-corrected chi connectivity index (χ2v) is 12.0. The number of hydrogen-bond acceptors (Lipinski definition) is 7. The van der Waals surface area contributed by atoms with Crippen molar-refractivity contribution in [3.63, 3.8) is 0 Å². The topological polar surface area (TPSA) is 104 Å². The molecular formula is C21H31N5O3S2. The third-order valence-corrected chi connectivity index (χ3v) is 8.16. The van der Waals surface area contributed by atoms with Gasteiger partial charge in [-0.15, -0.1) is 10.2 Å². The van der Waals surface area contributed by atoms with Crippen LogP contribution in [0.3, 0.4) is 0 Å². The van der Waals surface area contributed by atoms with Crippen molar-refractivity contribution in [3.8, 4) is 0 Å². The number of carbonyl (C=O) groups is 1. The number of nitrogens with zero attached hydrogens (tertiary/aromatic N) is 3. The van der Waals surface area contributed by atoms with E-state index in [4.69, 9.17) is 0 Å². The Balaban J connectivity index is 1.64. The van der Waals surface area contributed by atoms with Crippen LogP contribution in [-0.4, -0.2) is 37.6 Å². The van der Waals surface area contributed by atoms with Crippen molar-refractivity contribution in [2.75, 3.05) is 23.3 Å². The van der Waals surface area contributed by atoms with Crippen molar-refractivity contribution in [1.82, 2.24) is 14.9 Å². The Labute approximate surface area is 188 Å². The molecule has 10 heteroatoms. The van der Waals surface area contributed by atoms with Gasteiger partial charge >= 0.3 is 0 Å². The maximum absolute atomic E-state index is 12.7. The molecule has 1 aliphatic rings. The second kappa shape index (κ2) is 9.22. The summed E-state index contributed by atoms with van der Waals surface area (Å²) in [4.78, 5) is 14.4. The third kappa shape index (κ3) is 6.02. The molecule has 0 radical (unpaired) electrons. The van der Waals surface area contributed by atoms with E-state index in [1.807, 2.05) is 24.3 Å². The van der Waals surface area contributed by atoms with E-state index in [-0.39, 0.29) is 15.4 Å². The minimum absolute atomic E-state index is 0.160. The van der Waals surface area contributed by atoms with Crippen LogP contribution in [0.2, 0.25) is 0 Å². The van der Waals surface area contributed by atoms with Crippen LogP contribution in [0.4, 0.5) is 10.8 Å². The van der Waals surface area contributed by atoms with E-state index >= 15 is 0 Å². The Morgan fingerprint density at radius 1 is 1.16 bits per heavy atom. The van der Waals surface area contributed by atoms with Crippen LogP contribution in [0.25, 0.3) is 0 Å². The lowest BCUT2D eigenvalue weighted by atomic mass is 9.96. The highest BCUT2D eigenvalue weighted by atomic mass is 32.2. The van der Waals surface area contributed by atoms with E-state index in [2.05, 4.69) is 32.1 Å². The molecule has 1 atom stereocenters. The molecule has 1 unspecified atom stereocenters. The molecule has 1 aromatic carbocycles. The van der Waals surface area contributed by atoms with Gasteiger partial charge in [0.15, 0.2) is 0 Å². The number of rotatable bonds is 6. The number of benzene rings is 1. The number of aromatic nitrogens is 2. The lowest BCUT2D eigenvalue weighted by Gasteiger charge is -2.32. The van der Waals surface area contributed by atoms with E-state index in [9.17, 15) is 13.2 Å². The van der Waals surface area contributed by atoms with E-state index in [0.717, 1.165) is 41.6 Å². The fourth-order valence-electron chi connectivity index (χ4n) is 3.25. The molecule has 31 heavy (non-hydrogen) atoms. The van der Waals surface area contributed by atoms with E-state index in [0.29, 0.717) is 0 Å². The van der Waals surface area contributed by atoms with Crippen LogP contribution in [0.1, 0.15) is 59.1 Å². The van der Waals surface area contributed by atoms with Crippen molar-refractivity contribution in [3.05, 3.63) is 29.8 Å². The van der Waals surface area contributed by atoms with Crippen LogP contribution in [0.15, 0.2) is 28.6 Å². The Morgan fingerprint density at radius 3 is 2.35 bits per heavy atom. The number of anilines is 2. The highest BCUT2D eigenvalue weighted by molar-refractivity contribution is 7.91. The van der Waals surface area contributed by atoms with Crippen molar-refractivity contribution in [2.24, 2.45) is 11.3 Å². The second-order valence-electron chi connectivity index (χ2n) is 9.18. The molecule has 1 saturated heterocycles. The lowest BCUT2D eigenvalue weighted by Crippen LogP contribution is -2.32. The summed E-state index contributed by atoms with van der Waals surface area (Å²) in [6.45, 7) is 11.5. The molecule has 8 nitrogen and oxygen atoms in total. The predicted octanol–water partition coefficient (Wildman–Crippen LogP) is 3.80. The summed E-state index contributed by atoms with van der Waals surface area (Å²) in [7, 11) is -3.86. The number of hydrogen-bond donors (Lipinski definition) is 2. The average molecular weight is 466 g/mol. The molecule has 0 aliphatic carbocycles. The first-order chi connectivity index (χ1) is 14.5. The maximum atomic E-state index is 12.7. The minimum Gasteiger partial charge on any atom is -0.372 e. The van der Waals surface area contributed by atoms with Crippen LogP contribution < -0.4 is 14.9 Å². The monoisotopic (exact) mass is 465 g/mol. The molecule has 1 aliphatic heterocycles. The maximum Gasteiger partial charge on any atom is 0.270 e. The largest absolute Gasteiger partial charge is 0.372 e. The molecule has 2 N–H and O–H groups in total. The predicted molar refractivity (Wildman–Crippen MR) is 124 cm³/mol. The van der Waals surface area contributed by atoms with Gasteiger partial charge in [0.2, 0.25) is 15.4 Å². The molecule has 1 fully saturated rings. The van der Waals surface area contributed by atoms with Crippen LogP contribution in [0, 0.1) is 11.3 Å². The van der Waals surface area contributed by atoms with Crippen molar-refractivity contribution >= 4 is 38.1 Å². The zero-order chi connectivity index (χ0) is 22.8. The number of carbonyl (C=O) groups excluding carboxylic acids is 1. The number of nitrogens with one attached hydrogen (secondary N) is 2. The normalized spacial score (nSPS) is 16.9. The van der Waals surface area contributed by atoms with Gasteiger partial charge in [-0.25, -0.2) is 13.1 Å². The number of piperidine rings is 1. The fourth-order valence-corrected chi connectivity index (χ4v) is 5.39. The molecule has 0 saturated carbocycles. The molecule has 2 heterocycles. The molecule has 170 valence electrons. The molecular weight excluding hydrogens is 434 g/mol. The SMILES string of the molecule is CC1CCN(c2ccc(C(C)NS(=O)(=O)c3nnc(NC(=O)C(C)(C)C)s3)cc2)CC1. The molecule has 3 rings (SSSR count). The summed E-state index contributed by atoms with van der Waals surface area (Å²) in [6, 6.07) is 7.56. The number of amides is 1. The zero-order valence-electron chi connectivity index (χ0n) is 18.7. The van der Waals surface area contributed by atoms with E-state index in [1.165, 1.54) is 12.8 Å². The fraction of sp³-hybridized carbons (Fsp3) is 0.571. The van der Waals surface area contributed by atoms with Gasteiger partial charge in [0.25, 0.3) is 10.0 Å². The van der Waals surface area contributed by atoms with Gasteiger partial charge in [0.1, 0.15) is 0 Å². The first-order valence-electron chi connectivity index (χ1n) is 10.5. The molecule has 1 amide bonds. The summed E-state index contributed by atoms with van der Waals surface area (Å²) in [6.07, 6.45) is 2.38. The summed E-state index contributed by atoms with van der Waals surface area (Å²) in [5, 5.41) is 10.3. The third-order valence-electron chi connectivity index (χ3n) is 5.41. The lowest BCUT2D eigenvalue weighted by molar-refractivity contribution is -0.123. The van der Waals surface area contributed by atoms with Gasteiger partial charge < -0.3 is 10.2 Å². The Bertz CT molecular complexity index is 1000. The first kappa shape index (κ1) is 23.6. The van der Waals surface area contributed by atoms with Crippen molar-refractivity contribution in [2.45, 2.75) is 57.8 Å². The van der Waals surface area contributed by atoms with Gasteiger partial charge in [0, 0.05) is 30.2 Å². The van der Waals surface area contributed by atoms with Crippen LogP contribution >= 0.6 is 11.3 Å². The minimum atomic E-state index is -3.86. The summed E-state index contributed by atoms with van der Waals surface area (Å²) in [5.41, 5.74) is 1.41.